The maximum absolute atomic E-state index is 12.0. The van der Waals surface area contributed by atoms with Crippen LogP contribution in [0.15, 0.2) is 0 Å². The number of nitrogens with one attached hydrogen (secondary N) is 1. The second-order valence-corrected chi connectivity index (χ2v) is 5.76. The molecule has 2 rings (SSSR count). The predicted molar refractivity (Wildman–Crippen MR) is 62.8 cm³/mol. The van der Waals surface area contributed by atoms with E-state index in [9.17, 15) is 9.90 Å². The molecule has 3 nitrogen and oxygen atoms in total. The fourth-order valence-corrected chi connectivity index (χ4v) is 2.28. The molecule has 0 bridgehead atoms. The highest BCUT2D eigenvalue weighted by atomic mass is 16.3. The highest BCUT2D eigenvalue weighted by Gasteiger charge is 2.45. The molecule has 2 aliphatic carbocycles. The molecular formula is C13H23NO2. The first kappa shape index (κ1) is 11.9. The summed E-state index contributed by atoms with van der Waals surface area (Å²) in [5.41, 5.74) is 0. The Bertz CT molecular complexity index is 245. The zero-order chi connectivity index (χ0) is 11.7. The fraction of sp³-hybridized carbons (Fsp3) is 0.923. The number of aliphatic hydroxyl groups is 1. The number of aliphatic hydroxyl groups excluding tert-OH is 1. The summed E-state index contributed by atoms with van der Waals surface area (Å²) in [6.07, 6.45) is 4.48. The Kier molecular flexibility index (Phi) is 3.53. The van der Waals surface area contributed by atoms with Crippen LogP contribution in [-0.2, 0) is 4.79 Å². The van der Waals surface area contributed by atoms with Crippen molar-refractivity contribution < 1.29 is 9.90 Å². The fourth-order valence-electron chi connectivity index (χ4n) is 2.28. The van der Waals surface area contributed by atoms with E-state index in [1.165, 1.54) is 25.7 Å². The minimum atomic E-state index is -0.414. The van der Waals surface area contributed by atoms with E-state index in [4.69, 9.17) is 0 Å². The van der Waals surface area contributed by atoms with Gasteiger partial charge in [0.1, 0.15) is 0 Å². The van der Waals surface area contributed by atoms with E-state index in [0.29, 0.717) is 18.4 Å². The summed E-state index contributed by atoms with van der Waals surface area (Å²) >= 11 is 0. The molecule has 1 unspecified atom stereocenters. The molecule has 92 valence electrons. The maximum atomic E-state index is 12.0. The Balaban J connectivity index is 1.77. The molecule has 0 saturated heterocycles. The van der Waals surface area contributed by atoms with Crippen LogP contribution in [0.4, 0.5) is 0 Å². The van der Waals surface area contributed by atoms with E-state index in [0.717, 1.165) is 0 Å². The first-order chi connectivity index (χ1) is 7.59. The van der Waals surface area contributed by atoms with Crippen LogP contribution in [0.3, 0.4) is 0 Å². The van der Waals surface area contributed by atoms with E-state index < -0.39 is 6.10 Å². The highest BCUT2D eigenvalue weighted by molar-refractivity contribution is 5.80. The smallest absolute Gasteiger partial charge is 0.223 e. The van der Waals surface area contributed by atoms with Crippen molar-refractivity contribution in [1.82, 2.24) is 5.32 Å². The monoisotopic (exact) mass is 225 g/mol. The normalized spacial score (nSPS) is 22.6. The summed E-state index contributed by atoms with van der Waals surface area (Å²) in [5.74, 6) is 1.93. The topological polar surface area (TPSA) is 49.3 Å². The predicted octanol–water partition coefficient (Wildman–Crippen LogP) is 1.56. The lowest BCUT2D eigenvalue weighted by atomic mass is 9.96. The van der Waals surface area contributed by atoms with Crippen LogP contribution in [-0.4, -0.2) is 23.7 Å². The van der Waals surface area contributed by atoms with Crippen LogP contribution in [0.5, 0.6) is 0 Å². The number of hydrogen-bond acceptors (Lipinski definition) is 2. The summed E-state index contributed by atoms with van der Waals surface area (Å²) in [4.78, 5) is 12.0. The number of carbonyl (C=O) groups excluding carboxylic acids is 1. The molecule has 16 heavy (non-hydrogen) atoms. The van der Waals surface area contributed by atoms with Crippen molar-refractivity contribution in [1.29, 1.82) is 0 Å². The lowest BCUT2D eigenvalue weighted by Gasteiger charge is -2.19. The average molecular weight is 225 g/mol. The largest absolute Gasteiger partial charge is 0.391 e. The van der Waals surface area contributed by atoms with Crippen molar-refractivity contribution in [3.63, 3.8) is 0 Å². The molecule has 0 heterocycles. The third-order valence-corrected chi connectivity index (χ3v) is 3.82. The maximum Gasteiger partial charge on any atom is 0.223 e. The Morgan fingerprint density at radius 3 is 2.12 bits per heavy atom. The van der Waals surface area contributed by atoms with Gasteiger partial charge in [0.25, 0.3) is 0 Å². The first-order valence-corrected chi connectivity index (χ1v) is 6.55. The summed E-state index contributed by atoms with van der Waals surface area (Å²) in [5, 5.41) is 12.6. The van der Waals surface area contributed by atoms with Gasteiger partial charge in [-0.05, 0) is 43.4 Å². The van der Waals surface area contributed by atoms with Gasteiger partial charge in [-0.25, -0.2) is 0 Å². The van der Waals surface area contributed by atoms with E-state index in [2.05, 4.69) is 5.32 Å². The van der Waals surface area contributed by atoms with Gasteiger partial charge in [-0.3, -0.25) is 4.79 Å². The molecule has 2 N–H and O–H groups in total. The Morgan fingerprint density at radius 2 is 1.75 bits per heavy atom. The van der Waals surface area contributed by atoms with Crippen molar-refractivity contribution in [2.24, 2.45) is 23.7 Å². The van der Waals surface area contributed by atoms with Crippen LogP contribution in [0, 0.1) is 23.7 Å². The molecule has 1 atom stereocenters. The average Bonchev–Trinajstić information content (AvgIpc) is 3.07. The third kappa shape index (κ3) is 2.97. The summed E-state index contributed by atoms with van der Waals surface area (Å²) in [6, 6.07) is 0. The van der Waals surface area contributed by atoms with Crippen molar-refractivity contribution in [2.45, 2.75) is 45.6 Å². The summed E-state index contributed by atoms with van der Waals surface area (Å²) < 4.78 is 0. The van der Waals surface area contributed by atoms with Gasteiger partial charge in [0.15, 0.2) is 0 Å². The van der Waals surface area contributed by atoms with Gasteiger partial charge in [0, 0.05) is 12.5 Å². The van der Waals surface area contributed by atoms with E-state index in [1.54, 1.807) is 0 Å². The quantitative estimate of drug-likeness (QED) is 0.720. The SMILES string of the molecule is CC(C)C(O)CNC(=O)C(C1CC1)C1CC1. The molecule has 2 fully saturated rings. The lowest BCUT2D eigenvalue weighted by molar-refractivity contribution is -0.126. The molecule has 3 heteroatoms. The summed E-state index contributed by atoms with van der Waals surface area (Å²) in [7, 11) is 0. The van der Waals surface area contributed by atoms with Crippen LogP contribution in [0.25, 0.3) is 0 Å². The van der Waals surface area contributed by atoms with Crippen LogP contribution >= 0.6 is 0 Å². The van der Waals surface area contributed by atoms with Gasteiger partial charge in [-0.2, -0.15) is 0 Å². The molecule has 1 amide bonds. The van der Waals surface area contributed by atoms with Crippen LogP contribution in [0.2, 0.25) is 0 Å². The van der Waals surface area contributed by atoms with Gasteiger partial charge in [0.2, 0.25) is 5.91 Å². The van der Waals surface area contributed by atoms with E-state index in [1.807, 2.05) is 13.8 Å². The van der Waals surface area contributed by atoms with Gasteiger partial charge >= 0.3 is 0 Å². The van der Waals surface area contributed by atoms with Crippen molar-refractivity contribution >= 4 is 5.91 Å². The van der Waals surface area contributed by atoms with E-state index in [-0.39, 0.29) is 17.7 Å². The third-order valence-electron chi connectivity index (χ3n) is 3.82. The molecular weight excluding hydrogens is 202 g/mol. The van der Waals surface area contributed by atoms with Gasteiger partial charge in [0.05, 0.1) is 6.10 Å². The van der Waals surface area contributed by atoms with E-state index >= 15 is 0 Å². The van der Waals surface area contributed by atoms with Gasteiger partial charge in [-0.1, -0.05) is 13.8 Å². The minimum absolute atomic E-state index is 0.185. The second-order valence-electron chi connectivity index (χ2n) is 5.76. The van der Waals surface area contributed by atoms with Crippen molar-refractivity contribution in [3.05, 3.63) is 0 Å². The zero-order valence-corrected chi connectivity index (χ0v) is 10.3. The molecule has 0 spiro atoms. The molecule has 2 aliphatic rings. The highest BCUT2D eigenvalue weighted by Crippen LogP contribution is 2.49. The number of carbonyl (C=O) groups is 1. The van der Waals surface area contributed by atoms with Crippen LogP contribution in [0.1, 0.15) is 39.5 Å². The molecule has 0 aromatic rings. The Morgan fingerprint density at radius 1 is 1.25 bits per heavy atom. The minimum Gasteiger partial charge on any atom is -0.391 e. The van der Waals surface area contributed by atoms with Crippen molar-refractivity contribution in [2.75, 3.05) is 6.54 Å². The molecule has 0 radical (unpaired) electrons. The Labute approximate surface area is 97.6 Å². The van der Waals surface area contributed by atoms with Gasteiger partial charge < -0.3 is 10.4 Å². The number of amides is 1. The molecule has 0 aromatic carbocycles. The lowest BCUT2D eigenvalue weighted by Crippen LogP contribution is -2.39. The first-order valence-electron chi connectivity index (χ1n) is 6.55. The second kappa shape index (κ2) is 4.74. The molecule has 0 aliphatic heterocycles. The molecule has 0 aromatic heterocycles. The zero-order valence-electron chi connectivity index (χ0n) is 10.3. The molecule has 2 saturated carbocycles. The standard InChI is InChI=1S/C13H23NO2/c1-8(2)11(15)7-14-13(16)12(9-3-4-9)10-5-6-10/h8-12,15H,3-7H2,1-2H3,(H,14,16). The van der Waals surface area contributed by atoms with Crippen LogP contribution < -0.4 is 5.32 Å². The number of rotatable bonds is 6. The van der Waals surface area contributed by atoms with Crippen molar-refractivity contribution in [3.8, 4) is 0 Å². The Hall–Kier alpha value is -0.570. The van der Waals surface area contributed by atoms with Gasteiger partial charge in [-0.15, -0.1) is 0 Å². The summed E-state index contributed by atoms with van der Waals surface area (Å²) in [6.45, 7) is 4.35. The number of hydrogen-bond donors (Lipinski definition) is 2.